The average molecular weight is 230 g/mol. The molecule has 1 aliphatic rings. The zero-order valence-electron chi connectivity index (χ0n) is 9.52. The first-order valence-corrected chi connectivity index (χ1v) is 5.99. The van der Waals surface area contributed by atoms with Crippen LogP contribution in [0.3, 0.4) is 0 Å². The highest BCUT2D eigenvalue weighted by Crippen LogP contribution is 2.20. The molecule has 0 aromatic carbocycles. The Bertz CT molecular complexity index is 631. The minimum atomic E-state index is -0.0252. The summed E-state index contributed by atoms with van der Waals surface area (Å²) in [6.07, 6.45) is 6.57. The highest BCUT2D eigenvalue weighted by atomic mass is 16.3. The molecule has 17 heavy (non-hydrogen) atoms. The summed E-state index contributed by atoms with van der Waals surface area (Å²) in [4.78, 5) is 16.7. The molecule has 2 aromatic heterocycles. The molecule has 88 valence electrons. The second-order valence-electron chi connectivity index (χ2n) is 4.49. The molecule has 2 aromatic rings. The van der Waals surface area contributed by atoms with Gasteiger partial charge in [-0.05, 0) is 37.8 Å². The standard InChI is InChI=1S/C13H14N2O2/c16-11-7-4-8-15-12(11)14-10-6-3-1-2-5-9(10)13(15)17/h4,7-8,16H,1-3,5-6H2. The Morgan fingerprint density at radius 2 is 2.06 bits per heavy atom. The van der Waals surface area contributed by atoms with Gasteiger partial charge in [0.15, 0.2) is 11.4 Å². The van der Waals surface area contributed by atoms with Gasteiger partial charge >= 0.3 is 0 Å². The second kappa shape index (κ2) is 3.87. The lowest BCUT2D eigenvalue weighted by Gasteiger charge is -2.08. The van der Waals surface area contributed by atoms with Crippen LogP contribution in [0.4, 0.5) is 0 Å². The van der Waals surface area contributed by atoms with Gasteiger partial charge in [0.1, 0.15) is 0 Å². The Kier molecular flexibility index (Phi) is 2.35. The van der Waals surface area contributed by atoms with Gasteiger partial charge in [-0.15, -0.1) is 0 Å². The molecule has 0 atom stereocenters. The number of fused-ring (bicyclic) bond motifs is 2. The zero-order chi connectivity index (χ0) is 11.8. The normalized spacial score (nSPS) is 15.5. The first-order valence-electron chi connectivity index (χ1n) is 5.99. The summed E-state index contributed by atoms with van der Waals surface area (Å²) in [6.45, 7) is 0. The molecule has 0 bridgehead atoms. The minimum Gasteiger partial charge on any atom is -0.504 e. The Labute approximate surface area is 98.6 Å². The molecule has 4 heteroatoms. The fourth-order valence-corrected chi connectivity index (χ4v) is 2.46. The van der Waals surface area contributed by atoms with Gasteiger partial charge in [-0.25, -0.2) is 4.98 Å². The van der Waals surface area contributed by atoms with Crippen LogP contribution in [0.2, 0.25) is 0 Å². The van der Waals surface area contributed by atoms with Gasteiger partial charge in [0.25, 0.3) is 5.56 Å². The van der Waals surface area contributed by atoms with Crippen LogP contribution in [0, 0.1) is 0 Å². The first-order chi connectivity index (χ1) is 8.27. The van der Waals surface area contributed by atoms with Crippen LogP contribution >= 0.6 is 0 Å². The average Bonchev–Trinajstić information content (AvgIpc) is 2.56. The van der Waals surface area contributed by atoms with Crippen molar-refractivity contribution in [3.8, 4) is 5.75 Å². The Balaban J connectivity index is 2.37. The van der Waals surface area contributed by atoms with E-state index >= 15 is 0 Å². The van der Waals surface area contributed by atoms with Crippen molar-refractivity contribution in [1.29, 1.82) is 0 Å². The smallest absolute Gasteiger partial charge is 0.261 e. The maximum atomic E-state index is 12.3. The van der Waals surface area contributed by atoms with Crippen LogP contribution in [-0.2, 0) is 12.8 Å². The molecule has 0 saturated carbocycles. The third-order valence-corrected chi connectivity index (χ3v) is 3.35. The van der Waals surface area contributed by atoms with E-state index in [9.17, 15) is 9.90 Å². The number of rotatable bonds is 0. The van der Waals surface area contributed by atoms with Crippen molar-refractivity contribution < 1.29 is 5.11 Å². The van der Waals surface area contributed by atoms with E-state index in [0.717, 1.165) is 43.4 Å². The molecule has 2 heterocycles. The quantitative estimate of drug-likeness (QED) is 0.700. The van der Waals surface area contributed by atoms with E-state index in [1.165, 1.54) is 4.40 Å². The molecule has 1 aliphatic carbocycles. The van der Waals surface area contributed by atoms with Crippen LogP contribution < -0.4 is 5.56 Å². The highest BCUT2D eigenvalue weighted by Gasteiger charge is 2.16. The first kappa shape index (κ1) is 10.3. The molecule has 3 rings (SSSR count). The SMILES string of the molecule is O=c1c2c(nc3c(O)cccn13)CCCCC2. The number of pyridine rings is 1. The van der Waals surface area contributed by atoms with Gasteiger partial charge in [-0.2, -0.15) is 0 Å². The van der Waals surface area contributed by atoms with Crippen molar-refractivity contribution in [2.45, 2.75) is 32.1 Å². The molecule has 4 nitrogen and oxygen atoms in total. The monoisotopic (exact) mass is 230 g/mol. The molecular formula is C13H14N2O2. The van der Waals surface area contributed by atoms with Gasteiger partial charge in [0, 0.05) is 11.8 Å². The molecular weight excluding hydrogens is 216 g/mol. The summed E-state index contributed by atoms with van der Waals surface area (Å²) in [5.74, 6) is 0.0663. The van der Waals surface area contributed by atoms with Crippen LogP contribution in [0.5, 0.6) is 5.75 Å². The number of aromatic hydroxyl groups is 1. The Morgan fingerprint density at radius 3 is 2.94 bits per heavy atom. The lowest BCUT2D eigenvalue weighted by atomic mass is 10.1. The maximum Gasteiger partial charge on any atom is 0.261 e. The van der Waals surface area contributed by atoms with E-state index in [0.29, 0.717) is 5.65 Å². The van der Waals surface area contributed by atoms with Gasteiger partial charge in [0.05, 0.1) is 5.69 Å². The van der Waals surface area contributed by atoms with Gasteiger partial charge in [0.2, 0.25) is 0 Å². The van der Waals surface area contributed by atoms with Crippen LogP contribution in [0.1, 0.15) is 30.5 Å². The van der Waals surface area contributed by atoms with Crippen LogP contribution in [-0.4, -0.2) is 14.5 Å². The van der Waals surface area contributed by atoms with Crippen molar-refractivity contribution in [3.63, 3.8) is 0 Å². The van der Waals surface area contributed by atoms with Crippen LogP contribution in [0.25, 0.3) is 5.65 Å². The number of hydrogen-bond acceptors (Lipinski definition) is 3. The summed E-state index contributed by atoms with van der Waals surface area (Å²) >= 11 is 0. The third-order valence-electron chi connectivity index (χ3n) is 3.35. The summed E-state index contributed by atoms with van der Waals surface area (Å²) in [7, 11) is 0. The predicted molar refractivity (Wildman–Crippen MR) is 64.4 cm³/mol. The van der Waals surface area contributed by atoms with E-state index in [1.807, 2.05) is 0 Å². The molecule has 0 saturated heterocycles. The lowest BCUT2D eigenvalue weighted by Crippen LogP contribution is -2.21. The predicted octanol–water partition coefficient (Wildman–Crippen LogP) is 1.67. The molecule has 0 radical (unpaired) electrons. The van der Waals surface area contributed by atoms with Gasteiger partial charge in [-0.1, -0.05) is 6.42 Å². The summed E-state index contributed by atoms with van der Waals surface area (Å²) in [5, 5.41) is 9.75. The number of nitrogens with zero attached hydrogens (tertiary/aromatic N) is 2. The second-order valence-corrected chi connectivity index (χ2v) is 4.49. The Morgan fingerprint density at radius 1 is 1.24 bits per heavy atom. The molecule has 0 spiro atoms. The van der Waals surface area contributed by atoms with Gasteiger partial charge in [-0.3, -0.25) is 9.20 Å². The molecule has 0 unspecified atom stereocenters. The number of aryl methyl sites for hydroxylation is 1. The fraction of sp³-hybridized carbons (Fsp3) is 0.385. The van der Waals surface area contributed by atoms with E-state index in [2.05, 4.69) is 4.98 Å². The van der Waals surface area contributed by atoms with E-state index in [1.54, 1.807) is 18.3 Å². The third kappa shape index (κ3) is 1.60. The molecule has 0 amide bonds. The minimum absolute atomic E-state index is 0.0252. The Hall–Kier alpha value is -1.84. The summed E-state index contributed by atoms with van der Waals surface area (Å²) < 4.78 is 1.44. The largest absolute Gasteiger partial charge is 0.504 e. The van der Waals surface area contributed by atoms with Crippen LogP contribution in [0.15, 0.2) is 23.1 Å². The van der Waals surface area contributed by atoms with Crippen molar-refractivity contribution >= 4 is 5.65 Å². The van der Waals surface area contributed by atoms with E-state index in [-0.39, 0.29) is 11.3 Å². The number of aromatic nitrogens is 2. The summed E-state index contributed by atoms with van der Waals surface area (Å²) in [6, 6.07) is 3.22. The summed E-state index contributed by atoms with van der Waals surface area (Å²) in [5.41, 5.74) is 2.04. The molecule has 0 fully saturated rings. The van der Waals surface area contributed by atoms with E-state index in [4.69, 9.17) is 0 Å². The fourth-order valence-electron chi connectivity index (χ4n) is 2.46. The van der Waals surface area contributed by atoms with Crippen molar-refractivity contribution in [1.82, 2.24) is 9.38 Å². The van der Waals surface area contributed by atoms with Crippen molar-refractivity contribution in [2.24, 2.45) is 0 Å². The van der Waals surface area contributed by atoms with Gasteiger partial charge < -0.3 is 5.11 Å². The number of hydrogen-bond donors (Lipinski definition) is 1. The van der Waals surface area contributed by atoms with Crippen molar-refractivity contribution in [2.75, 3.05) is 0 Å². The lowest BCUT2D eigenvalue weighted by molar-refractivity contribution is 0.476. The molecule has 1 N–H and O–H groups in total. The topological polar surface area (TPSA) is 54.6 Å². The van der Waals surface area contributed by atoms with Crippen molar-refractivity contribution in [3.05, 3.63) is 39.9 Å². The maximum absolute atomic E-state index is 12.3. The zero-order valence-corrected chi connectivity index (χ0v) is 9.52. The van der Waals surface area contributed by atoms with E-state index < -0.39 is 0 Å². The highest BCUT2D eigenvalue weighted by molar-refractivity contribution is 5.53. The molecule has 0 aliphatic heterocycles.